The van der Waals surface area contributed by atoms with Crippen LogP contribution >= 0.6 is 11.6 Å². The molecule has 1 heterocycles. The first-order valence-electron chi connectivity index (χ1n) is 6.26. The Morgan fingerprint density at radius 3 is 2.71 bits per heavy atom. The molecule has 6 nitrogen and oxygen atoms in total. The number of ether oxygens (including phenoxy) is 1. The monoisotopic (exact) mass is 306 g/mol. The number of methoxy groups -OCH3 is 1. The zero-order valence-corrected chi connectivity index (χ0v) is 12.4. The number of rotatable bonds is 5. The maximum Gasteiger partial charge on any atom is 0.272 e. The quantitative estimate of drug-likeness (QED) is 0.885. The first-order chi connectivity index (χ1) is 10.2. The van der Waals surface area contributed by atoms with E-state index >= 15 is 0 Å². The smallest absolute Gasteiger partial charge is 0.272 e. The van der Waals surface area contributed by atoms with Gasteiger partial charge in [-0.15, -0.1) is 10.2 Å². The summed E-state index contributed by atoms with van der Waals surface area (Å²) in [5, 5.41) is 13.8. The van der Waals surface area contributed by atoms with Crippen LogP contribution in [0.5, 0.6) is 5.75 Å². The molecule has 0 unspecified atom stereocenters. The van der Waals surface area contributed by atoms with Crippen LogP contribution < -0.4 is 15.4 Å². The molecule has 0 aliphatic rings. The molecule has 0 saturated carbocycles. The number of carbonyl (C=O) groups excluding carboxylic acids is 1. The lowest BCUT2D eigenvalue weighted by molar-refractivity contribution is 0.0944. The van der Waals surface area contributed by atoms with Crippen LogP contribution in [0.3, 0.4) is 0 Å². The highest BCUT2D eigenvalue weighted by Crippen LogP contribution is 2.25. The fraction of sp³-hybridized carbons (Fsp3) is 0.214. The molecule has 2 rings (SSSR count). The molecular weight excluding hydrogens is 292 g/mol. The fourth-order valence-electron chi connectivity index (χ4n) is 1.75. The second-order valence-electron chi connectivity index (χ2n) is 4.16. The van der Waals surface area contributed by atoms with Gasteiger partial charge in [0.05, 0.1) is 7.11 Å². The van der Waals surface area contributed by atoms with E-state index in [1.165, 1.54) is 0 Å². The summed E-state index contributed by atoms with van der Waals surface area (Å²) in [7, 11) is 3.28. The lowest BCUT2D eigenvalue weighted by Crippen LogP contribution is -2.24. The van der Waals surface area contributed by atoms with E-state index in [0.717, 1.165) is 5.56 Å². The van der Waals surface area contributed by atoms with E-state index in [2.05, 4.69) is 20.8 Å². The largest absolute Gasteiger partial charge is 0.496 e. The predicted octanol–water partition coefficient (Wildman–Crippen LogP) is 2.11. The van der Waals surface area contributed by atoms with Gasteiger partial charge in [0.2, 0.25) is 0 Å². The van der Waals surface area contributed by atoms with Crippen molar-refractivity contribution in [2.45, 2.75) is 6.54 Å². The predicted molar refractivity (Wildman–Crippen MR) is 80.8 cm³/mol. The maximum atomic E-state index is 12.0. The van der Waals surface area contributed by atoms with Gasteiger partial charge in [0.15, 0.2) is 5.69 Å². The number of halogens is 1. The number of anilines is 1. The van der Waals surface area contributed by atoms with E-state index in [-0.39, 0.29) is 18.1 Å². The molecule has 21 heavy (non-hydrogen) atoms. The van der Waals surface area contributed by atoms with Crippen LogP contribution in [0, 0.1) is 0 Å². The van der Waals surface area contributed by atoms with Gasteiger partial charge in [0.25, 0.3) is 5.91 Å². The molecule has 0 fully saturated rings. The zero-order chi connectivity index (χ0) is 15.2. The van der Waals surface area contributed by atoms with Gasteiger partial charge in [-0.1, -0.05) is 17.7 Å². The van der Waals surface area contributed by atoms with Gasteiger partial charge in [0, 0.05) is 24.2 Å². The van der Waals surface area contributed by atoms with E-state index in [9.17, 15) is 4.79 Å². The van der Waals surface area contributed by atoms with Gasteiger partial charge in [0.1, 0.15) is 11.6 Å². The summed E-state index contributed by atoms with van der Waals surface area (Å²) in [5.41, 5.74) is 0.954. The Morgan fingerprint density at radius 2 is 2.10 bits per heavy atom. The van der Waals surface area contributed by atoms with Crippen LogP contribution in [0.25, 0.3) is 0 Å². The van der Waals surface area contributed by atoms with Crippen LogP contribution in [0.4, 0.5) is 5.82 Å². The Bertz CT molecular complexity index is 631. The average Bonchev–Trinajstić information content (AvgIpc) is 2.53. The molecule has 0 atom stereocenters. The average molecular weight is 307 g/mol. The SMILES string of the molecule is CNc1ccc(C(=O)NCc2c(Cl)cccc2OC)nn1. The van der Waals surface area contributed by atoms with Crippen LogP contribution in [0.1, 0.15) is 16.1 Å². The first kappa shape index (κ1) is 15.1. The zero-order valence-electron chi connectivity index (χ0n) is 11.7. The summed E-state index contributed by atoms with van der Waals surface area (Å²) in [6, 6.07) is 8.59. The second kappa shape index (κ2) is 6.90. The van der Waals surface area contributed by atoms with Gasteiger partial charge < -0.3 is 15.4 Å². The Morgan fingerprint density at radius 1 is 1.29 bits per heavy atom. The number of benzene rings is 1. The van der Waals surface area contributed by atoms with Crippen molar-refractivity contribution in [1.82, 2.24) is 15.5 Å². The van der Waals surface area contributed by atoms with Crippen molar-refractivity contribution in [1.29, 1.82) is 0 Å². The van der Waals surface area contributed by atoms with Crippen LogP contribution in [-0.2, 0) is 6.54 Å². The Kier molecular flexibility index (Phi) is 4.94. The highest BCUT2D eigenvalue weighted by atomic mass is 35.5. The van der Waals surface area contributed by atoms with E-state index in [0.29, 0.717) is 16.6 Å². The minimum Gasteiger partial charge on any atom is -0.496 e. The highest BCUT2D eigenvalue weighted by molar-refractivity contribution is 6.31. The molecule has 1 aromatic heterocycles. The molecule has 2 N–H and O–H groups in total. The molecule has 1 amide bonds. The number of amides is 1. The van der Waals surface area contributed by atoms with Crippen molar-refractivity contribution < 1.29 is 9.53 Å². The molecule has 1 aromatic carbocycles. The first-order valence-corrected chi connectivity index (χ1v) is 6.64. The van der Waals surface area contributed by atoms with E-state index < -0.39 is 0 Å². The summed E-state index contributed by atoms with van der Waals surface area (Å²) in [5.74, 6) is 0.894. The molecule has 110 valence electrons. The van der Waals surface area contributed by atoms with E-state index in [4.69, 9.17) is 16.3 Å². The van der Waals surface area contributed by atoms with Gasteiger partial charge >= 0.3 is 0 Å². The second-order valence-corrected chi connectivity index (χ2v) is 4.56. The molecule has 0 aliphatic heterocycles. The molecule has 0 spiro atoms. The number of aromatic nitrogens is 2. The van der Waals surface area contributed by atoms with Crippen molar-refractivity contribution in [3.63, 3.8) is 0 Å². The van der Waals surface area contributed by atoms with Crippen LogP contribution in [0.2, 0.25) is 5.02 Å². The van der Waals surface area contributed by atoms with E-state index in [1.807, 2.05) is 0 Å². The van der Waals surface area contributed by atoms with Crippen molar-refractivity contribution in [2.24, 2.45) is 0 Å². The molecule has 0 radical (unpaired) electrons. The summed E-state index contributed by atoms with van der Waals surface area (Å²) in [6.07, 6.45) is 0. The maximum absolute atomic E-state index is 12.0. The fourth-order valence-corrected chi connectivity index (χ4v) is 1.98. The van der Waals surface area contributed by atoms with Gasteiger partial charge in [-0.2, -0.15) is 0 Å². The van der Waals surface area contributed by atoms with Crippen molar-refractivity contribution in [3.05, 3.63) is 46.6 Å². The third kappa shape index (κ3) is 3.61. The molecule has 2 aromatic rings. The van der Waals surface area contributed by atoms with Gasteiger partial charge in [-0.25, -0.2) is 0 Å². The number of hydrogen-bond acceptors (Lipinski definition) is 5. The lowest BCUT2D eigenvalue weighted by Gasteiger charge is -2.11. The molecular formula is C14H15ClN4O2. The Labute approximate surface area is 127 Å². The number of nitrogens with one attached hydrogen (secondary N) is 2. The van der Waals surface area contributed by atoms with Gasteiger partial charge in [-0.05, 0) is 24.3 Å². The molecule has 0 bridgehead atoms. The topological polar surface area (TPSA) is 76.1 Å². The summed E-state index contributed by atoms with van der Waals surface area (Å²) < 4.78 is 5.22. The van der Waals surface area contributed by atoms with Crippen LogP contribution in [-0.4, -0.2) is 30.3 Å². The van der Waals surface area contributed by atoms with Crippen molar-refractivity contribution in [3.8, 4) is 5.75 Å². The summed E-state index contributed by atoms with van der Waals surface area (Å²) in [4.78, 5) is 12.0. The van der Waals surface area contributed by atoms with Gasteiger partial charge in [-0.3, -0.25) is 4.79 Å². The minimum absolute atomic E-state index is 0.236. The third-order valence-corrected chi connectivity index (χ3v) is 3.23. The molecule has 7 heteroatoms. The van der Waals surface area contributed by atoms with E-state index in [1.54, 1.807) is 44.5 Å². The molecule has 0 aliphatic carbocycles. The standard InChI is InChI=1S/C14H15ClN4O2/c1-16-13-7-6-11(18-19-13)14(20)17-8-9-10(15)4-3-5-12(9)21-2/h3-7H,8H2,1-2H3,(H,16,19)(H,17,20). The number of carbonyl (C=O) groups is 1. The summed E-state index contributed by atoms with van der Waals surface area (Å²) >= 11 is 6.11. The Balaban J connectivity index is 2.07. The highest BCUT2D eigenvalue weighted by Gasteiger charge is 2.12. The lowest BCUT2D eigenvalue weighted by atomic mass is 10.2. The Hall–Kier alpha value is -2.34. The summed E-state index contributed by atoms with van der Waals surface area (Å²) in [6.45, 7) is 0.247. The minimum atomic E-state index is -0.327. The number of hydrogen-bond donors (Lipinski definition) is 2. The van der Waals surface area contributed by atoms with Crippen LogP contribution in [0.15, 0.2) is 30.3 Å². The third-order valence-electron chi connectivity index (χ3n) is 2.87. The number of nitrogens with zero attached hydrogens (tertiary/aromatic N) is 2. The van der Waals surface area contributed by atoms with Crippen molar-refractivity contribution in [2.75, 3.05) is 19.5 Å². The normalized spacial score (nSPS) is 10.0. The molecule has 0 saturated heterocycles. The van der Waals surface area contributed by atoms with Crippen molar-refractivity contribution >= 4 is 23.3 Å².